The molecule has 0 saturated heterocycles. The number of hydrogen-bond acceptors (Lipinski definition) is 3. The zero-order valence-corrected chi connectivity index (χ0v) is 14.2. The zero-order chi connectivity index (χ0) is 17.1. The van der Waals surface area contributed by atoms with Crippen LogP contribution in [0.3, 0.4) is 0 Å². The second kappa shape index (κ2) is 6.99. The summed E-state index contributed by atoms with van der Waals surface area (Å²) in [4.78, 5) is 27.7. The van der Waals surface area contributed by atoms with Crippen LogP contribution in [0.2, 0.25) is 0 Å². The lowest BCUT2D eigenvalue weighted by molar-refractivity contribution is -0.122. The Bertz CT molecular complexity index is 810. The maximum absolute atomic E-state index is 12.2. The zero-order valence-electron chi connectivity index (χ0n) is 14.2. The number of aromatic nitrogens is 2. The van der Waals surface area contributed by atoms with Gasteiger partial charge in [-0.1, -0.05) is 18.2 Å². The van der Waals surface area contributed by atoms with Crippen LogP contribution >= 0.6 is 0 Å². The molecule has 1 unspecified atom stereocenters. The van der Waals surface area contributed by atoms with E-state index in [1.165, 1.54) is 34.7 Å². The van der Waals surface area contributed by atoms with Crippen molar-refractivity contribution >= 4 is 5.91 Å². The van der Waals surface area contributed by atoms with E-state index in [0.717, 1.165) is 24.0 Å². The predicted molar refractivity (Wildman–Crippen MR) is 92.9 cm³/mol. The van der Waals surface area contributed by atoms with Gasteiger partial charge in [0.25, 0.3) is 0 Å². The van der Waals surface area contributed by atoms with Gasteiger partial charge in [0.05, 0.1) is 6.04 Å². The van der Waals surface area contributed by atoms with E-state index in [2.05, 4.69) is 28.5 Å². The fourth-order valence-electron chi connectivity index (χ4n) is 3.23. The van der Waals surface area contributed by atoms with Crippen molar-refractivity contribution in [2.24, 2.45) is 0 Å². The van der Waals surface area contributed by atoms with Gasteiger partial charge < -0.3 is 5.32 Å². The van der Waals surface area contributed by atoms with Crippen LogP contribution < -0.4 is 11.0 Å². The molecule has 0 fully saturated rings. The van der Waals surface area contributed by atoms with Gasteiger partial charge >= 0.3 is 5.69 Å². The molecule has 1 N–H and O–H groups in total. The molecule has 5 heteroatoms. The van der Waals surface area contributed by atoms with Crippen LogP contribution in [0.1, 0.15) is 48.1 Å². The largest absolute Gasteiger partial charge is 0.348 e. The monoisotopic (exact) mass is 325 g/mol. The van der Waals surface area contributed by atoms with Crippen LogP contribution in [0, 0.1) is 6.92 Å². The van der Waals surface area contributed by atoms with Gasteiger partial charge in [-0.05, 0) is 61.8 Å². The highest BCUT2D eigenvalue weighted by molar-refractivity contribution is 5.76. The number of carbonyl (C=O) groups excluding carboxylic acids is 1. The van der Waals surface area contributed by atoms with Crippen molar-refractivity contribution in [3.63, 3.8) is 0 Å². The third-order valence-corrected chi connectivity index (χ3v) is 4.55. The lowest BCUT2D eigenvalue weighted by Gasteiger charge is -2.20. The van der Waals surface area contributed by atoms with E-state index in [9.17, 15) is 9.59 Å². The second-order valence-electron chi connectivity index (χ2n) is 6.57. The summed E-state index contributed by atoms with van der Waals surface area (Å²) >= 11 is 0. The van der Waals surface area contributed by atoms with Gasteiger partial charge in [0, 0.05) is 12.4 Å². The quantitative estimate of drug-likeness (QED) is 0.938. The molecular formula is C19H23N3O2. The van der Waals surface area contributed by atoms with E-state index in [4.69, 9.17) is 0 Å². The molecule has 1 amide bonds. The van der Waals surface area contributed by atoms with E-state index in [0.29, 0.717) is 0 Å². The van der Waals surface area contributed by atoms with Gasteiger partial charge in [-0.3, -0.25) is 9.36 Å². The van der Waals surface area contributed by atoms with Crippen molar-refractivity contribution in [3.05, 3.63) is 63.3 Å². The van der Waals surface area contributed by atoms with Crippen LogP contribution in [0.5, 0.6) is 0 Å². The van der Waals surface area contributed by atoms with E-state index in [1.807, 2.05) is 13.8 Å². The number of nitrogens with zero attached hydrogens (tertiary/aromatic N) is 2. The maximum Gasteiger partial charge on any atom is 0.347 e. The van der Waals surface area contributed by atoms with Gasteiger partial charge in [0.1, 0.15) is 6.54 Å². The van der Waals surface area contributed by atoms with Gasteiger partial charge in [-0.25, -0.2) is 9.78 Å². The Kier molecular flexibility index (Phi) is 4.79. The molecule has 1 aromatic heterocycles. The SMILES string of the molecule is Cc1cnc(=O)n(CC(=O)NC(C)c2ccc3c(c2)CCCC3)c1. The van der Waals surface area contributed by atoms with Gasteiger partial charge in [0.2, 0.25) is 5.91 Å². The molecule has 0 aliphatic heterocycles. The molecule has 126 valence electrons. The number of benzene rings is 1. The average molecular weight is 325 g/mol. The molecule has 1 aromatic carbocycles. The summed E-state index contributed by atoms with van der Waals surface area (Å²) in [5.41, 5.74) is 4.39. The molecule has 0 saturated carbocycles. The number of hydrogen-bond donors (Lipinski definition) is 1. The Labute approximate surface area is 141 Å². The summed E-state index contributed by atoms with van der Waals surface area (Å²) in [6.07, 6.45) is 7.93. The maximum atomic E-state index is 12.2. The minimum atomic E-state index is -0.405. The number of fused-ring (bicyclic) bond motifs is 1. The van der Waals surface area contributed by atoms with E-state index in [1.54, 1.807) is 6.20 Å². The van der Waals surface area contributed by atoms with Crippen LogP contribution in [-0.4, -0.2) is 15.5 Å². The van der Waals surface area contributed by atoms with Crippen molar-refractivity contribution < 1.29 is 4.79 Å². The normalized spacial score (nSPS) is 14.8. The fraction of sp³-hybridized carbons (Fsp3) is 0.421. The number of carbonyl (C=O) groups is 1. The molecule has 0 bridgehead atoms. The summed E-state index contributed by atoms with van der Waals surface area (Å²) < 4.78 is 1.34. The highest BCUT2D eigenvalue weighted by Gasteiger charge is 2.14. The highest BCUT2D eigenvalue weighted by atomic mass is 16.2. The Balaban J connectivity index is 1.68. The van der Waals surface area contributed by atoms with Crippen LogP contribution in [0.25, 0.3) is 0 Å². The summed E-state index contributed by atoms with van der Waals surface area (Å²) in [7, 11) is 0. The van der Waals surface area contributed by atoms with Crippen LogP contribution in [-0.2, 0) is 24.2 Å². The molecule has 1 aliphatic rings. The van der Waals surface area contributed by atoms with Gasteiger partial charge in [-0.15, -0.1) is 0 Å². The first-order valence-electron chi connectivity index (χ1n) is 8.47. The fourth-order valence-corrected chi connectivity index (χ4v) is 3.23. The summed E-state index contributed by atoms with van der Waals surface area (Å²) in [6.45, 7) is 3.80. The minimum Gasteiger partial charge on any atom is -0.348 e. The third-order valence-electron chi connectivity index (χ3n) is 4.55. The summed E-state index contributed by atoms with van der Waals surface area (Å²) in [5.74, 6) is -0.185. The Morgan fingerprint density at radius 3 is 2.83 bits per heavy atom. The number of aryl methyl sites for hydroxylation is 3. The smallest absolute Gasteiger partial charge is 0.347 e. The van der Waals surface area contributed by atoms with Gasteiger partial charge in [0.15, 0.2) is 0 Å². The molecule has 0 spiro atoms. The Morgan fingerprint density at radius 2 is 2.04 bits per heavy atom. The first kappa shape index (κ1) is 16.4. The van der Waals surface area contributed by atoms with Crippen molar-refractivity contribution in [1.82, 2.24) is 14.9 Å². The van der Waals surface area contributed by atoms with Gasteiger partial charge in [-0.2, -0.15) is 0 Å². The van der Waals surface area contributed by atoms with E-state index < -0.39 is 5.69 Å². The minimum absolute atomic E-state index is 0.0111. The van der Waals surface area contributed by atoms with Crippen molar-refractivity contribution in [3.8, 4) is 0 Å². The third kappa shape index (κ3) is 3.72. The van der Waals surface area contributed by atoms with E-state index in [-0.39, 0.29) is 18.5 Å². The first-order chi connectivity index (χ1) is 11.5. The van der Waals surface area contributed by atoms with E-state index >= 15 is 0 Å². The molecule has 1 atom stereocenters. The van der Waals surface area contributed by atoms with Crippen LogP contribution in [0.15, 0.2) is 35.4 Å². The lowest BCUT2D eigenvalue weighted by atomic mass is 9.89. The summed E-state index contributed by atoms with van der Waals surface area (Å²) in [6, 6.07) is 6.40. The predicted octanol–water partition coefficient (Wildman–Crippen LogP) is 2.31. The van der Waals surface area contributed by atoms with Crippen LogP contribution in [0.4, 0.5) is 0 Å². The Hall–Kier alpha value is -2.43. The number of rotatable bonds is 4. The van der Waals surface area contributed by atoms with Crippen molar-refractivity contribution in [1.29, 1.82) is 0 Å². The first-order valence-corrected chi connectivity index (χ1v) is 8.47. The number of amides is 1. The number of nitrogens with one attached hydrogen (secondary N) is 1. The summed E-state index contributed by atoms with van der Waals surface area (Å²) in [5, 5.41) is 2.97. The highest BCUT2D eigenvalue weighted by Crippen LogP contribution is 2.24. The molecule has 0 radical (unpaired) electrons. The topological polar surface area (TPSA) is 64.0 Å². The Morgan fingerprint density at radius 1 is 1.29 bits per heavy atom. The standard InChI is InChI=1S/C19H23N3O2/c1-13-10-20-19(24)22(11-13)12-18(23)21-14(2)16-8-7-15-5-3-4-6-17(15)9-16/h7-11,14H,3-6,12H2,1-2H3,(H,21,23). The van der Waals surface area contributed by atoms with Crippen molar-refractivity contribution in [2.45, 2.75) is 52.1 Å². The molecule has 3 rings (SSSR count). The molecule has 5 nitrogen and oxygen atoms in total. The average Bonchev–Trinajstić information content (AvgIpc) is 2.57. The van der Waals surface area contributed by atoms with Crippen molar-refractivity contribution in [2.75, 3.05) is 0 Å². The molecule has 24 heavy (non-hydrogen) atoms. The molecule has 1 aliphatic carbocycles. The molecule has 1 heterocycles. The lowest BCUT2D eigenvalue weighted by Crippen LogP contribution is -2.34. The molecule has 2 aromatic rings. The second-order valence-corrected chi connectivity index (χ2v) is 6.57. The molecular weight excluding hydrogens is 302 g/mol.